The molecule has 0 spiro atoms. The van der Waals surface area contributed by atoms with Crippen molar-refractivity contribution in [1.29, 1.82) is 0 Å². The second kappa shape index (κ2) is 10.1. The van der Waals surface area contributed by atoms with Gasteiger partial charge in [-0.25, -0.2) is 9.97 Å². The van der Waals surface area contributed by atoms with Crippen LogP contribution in [0, 0.1) is 0 Å². The van der Waals surface area contributed by atoms with Crippen molar-refractivity contribution in [1.82, 2.24) is 14.5 Å². The van der Waals surface area contributed by atoms with Gasteiger partial charge in [0.05, 0.1) is 21.6 Å². The minimum atomic E-state index is -4.54. The molecule has 0 aliphatic heterocycles. The van der Waals surface area contributed by atoms with Gasteiger partial charge in [-0.1, -0.05) is 11.6 Å². The molecule has 0 bridgehead atoms. The Hall–Kier alpha value is -2.34. The third-order valence-corrected chi connectivity index (χ3v) is 6.08. The van der Waals surface area contributed by atoms with Crippen molar-refractivity contribution >= 4 is 40.3 Å². The van der Waals surface area contributed by atoms with Crippen LogP contribution in [0.25, 0.3) is 11.0 Å². The Bertz CT molecular complexity index is 1120. The summed E-state index contributed by atoms with van der Waals surface area (Å²) in [6.07, 6.45) is -2.91. The molecule has 1 aromatic carbocycles. The highest BCUT2D eigenvalue weighted by Crippen LogP contribution is 2.37. The van der Waals surface area contributed by atoms with Gasteiger partial charge in [0.15, 0.2) is 11.4 Å². The number of pyridine rings is 1. The van der Waals surface area contributed by atoms with Crippen molar-refractivity contribution in [2.45, 2.75) is 42.0 Å². The molecule has 2 N–H and O–H groups in total. The van der Waals surface area contributed by atoms with E-state index in [1.165, 1.54) is 0 Å². The molecule has 0 fully saturated rings. The number of rotatable bonds is 9. The van der Waals surface area contributed by atoms with Gasteiger partial charge in [-0.2, -0.15) is 13.2 Å². The Balaban J connectivity index is 1.96. The third kappa shape index (κ3) is 5.52. The van der Waals surface area contributed by atoms with Crippen LogP contribution in [0.4, 0.5) is 13.2 Å². The second-order valence-electron chi connectivity index (χ2n) is 6.77. The van der Waals surface area contributed by atoms with E-state index in [2.05, 4.69) is 9.97 Å². The van der Waals surface area contributed by atoms with E-state index >= 15 is 0 Å². The molecular weight excluding hydrogens is 469 g/mol. The van der Waals surface area contributed by atoms with Gasteiger partial charge < -0.3 is 19.8 Å². The monoisotopic (exact) mass is 488 g/mol. The first-order chi connectivity index (χ1) is 15.1. The fraction of sp³-hybridized carbons (Fsp3) is 0.350. The highest BCUT2D eigenvalue weighted by atomic mass is 35.5. The standard InChI is InChI=1S/C20H20ClF3N4O3S/c1-30-16(31-2)4-3-7-28-15-6-5-11(17(25)29)8-14(15)27-19(28)32-18-13(21)9-12(10-26-18)20(22,23)24/h5-6,8-10,16H,3-4,7H2,1-2H3,(H2,25,29). The number of nitrogens with zero attached hydrogens (tertiary/aromatic N) is 3. The number of hydrogen-bond donors (Lipinski definition) is 1. The number of alkyl halides is 3. The fourth-order valence-electron chi connectivity index (χ4n) is 3.04. The number of hydrogen-bond acceptors (Lipinski definition) is 6. The number of aryl methyl sites for hydroxylation is 1. The van der Waals surface area contributed by atoms with Gasteiger partial charge >= 0.3 is 6.18 Å². The lowest BCUT2D eigenvalue weighted by molar-refractivity contribution is -0.137. The summed E-state index contributed by atoms with van der Waals surface area (Å²) in [5.41, 5.74) is 5.97. The van der Waals surface area contributed by atoms with Crippen molar-refractivity contribution in [3.8, 4) is 0 Å². The van der Waals surface area contributed by atoms with Crippen LogP contribution in [0.15, 0.2) is 40.6 Å². The number of amides is 1. The minimum absolute atomic E-state index is 0.139. The highest BCUT2D eigenvalue weighted by molar-refractivity contribution is 7.99. The predicted molar refractivity (Wildman–Crippen MR) is 114 cm³/mol. The molecule has 32 heavy (non-hydrogen) atoms. The summed E-state index contributed by atoms with van der Waals surface area (Å²) in [5, 5.41) is 0.500. The number of benzene rings is 1. The van der Waals surface area contributed by atoms with E-state index in [0.717, 1.165) is 29.5 Å². The van der Waals surface area contributed by atoms with E-state index in [-0.39, 0.29) is 16.3 Å². The molecule has 0 saturated carbocycles. The minimum Gasteiger partial charge on any atom is -0.366 e. The van der Waals surface area contributed by atoms with Crippen LogP contribution in [-0.2, 0) is 22.2 Å². The van der Waals surface area contributed by atoms with Gasteiger partial charge in [0, 0.05) is 38.9 Å². The molecule has 7 nitrogen and oxygen atoms in total. The predicted octanol–water partition coefficient (Wildman–Crippen LogP) is 4.75. The number of ether oxygens (including phenoxy) is 2. The molecule has 3 aromatic rings. The normalized spacial score (nSPS) is 12.1. The van der Waals surface area contributed by atoms with Crippen LogP contribution in [0.2, 0.25) is 5.02 Å². The van der Waals surface area contributed by atoms with Gasteiger partial charge in [-0.3, -0.25) is 4.79 Å². The number of aromatic nitrogens is 3. The third-order valence-electron chi connectivity index (χ3n) is 4.67. The van der Waals surface area contributed by atoms with Crippen LogP contribution in [-0.4, -0.2) is 41.0 Å². The zero-order valence-electron chi connectivity index (χ0n) is 17.1. The summed E-state index contributed by atoms with van der Waals surface area (Å²) in [6.45, 7) is 0.510. The average molecular weight is 489 g/mol. The number of fused-ring (bicyclic) bond motifs is 1. The van der Waals surface area contributed by atoms with Gasteiger partial charge in [-0.15, -0.1) is 0 Å². The van der Waals surface area contributed by atoms with Crippen molar-refractivity contribution < 1.29 is 27.4 Å². The number of methoxy groups -OCH3 is 2. The Morgan fingerprint density at radius 3 is 2.59 bits per heavy atom. The van der Waals surface area contributed by atoms with Crippen molar-refractivity contribution in [2.75, 3.05) is 14.2 Å². The lowest BCUT2D eigenvalue weighted by Crippen LogP contribution is -2.14. The van der Waals surface area contributed by atoms with E-state index in [9.17, 15) is 18.0 Å². The molecule has 0 aliphatic rings. The Labute approximate surface area is 191 Å². The van der Waals surface area contributed by atoms with Gasteiger partial charge in [0.2, 0.25) is 5.91 Å². The number of imidazole rings is 1. The van der Waals surface area contributed by atoms with E-state index in [1.54, 1.807) is 32.4 Å². The fourth-order valence-corrected chi connectivity index (χ4v) is 4.21. The summed E-state index contributed by atoms with van der Waals surface area (Å²) >= 11 is 7.11. The molecule has 3 rings (SSSR count). The Kier molecular flexibility index (Phi) is 7.65. The highest BCUT2D eigenvalue weighted by Gasteiger charge is 2.31. The zero-order valence-corrected chi connectivity index (χ0v) is 18.7. The first-order valence-corrected chi connectivity index (χ1v) is 10.6. The molecule has 12 heteroatoms. The number of carbonyl (C=O) groups is 1. The summed E-state index contributed by atoms with van der Waals surface area (Å²) in [5.74, 6) is -0.592. The quantitative estimate of drug-likeness (QED) is 0.437. The van der Waals surface area contributed by atoms with Gasteiger partial charge in [0.1, 0.15) is 5.03 Å². The SMILES string of the molecule is COC(CCCn1c(Sc2ncc(C(F)(F)F)cc2Cl)nc2cc(C(N)=O)ccc21)OC. The maximum Gasteiger partial charge on any atom is 0.417 e. The van der Waals surface area contributed by atoms with Crippen LogP contribution in [0.3, 0.4) is 0 Å². The molecule has 172 valence electrons. The number of halogens is 4. The second-order valence-corrected chi connectivity index (χ2v) is 8.13. The summed E-state index contributed by atoms with van der Waals surface area (Å²) in [7, 11) is 3.09. The van der Waals surface area contributed by atoms with Crippen molar-refractivity contribution in [3.05, 3.63) is 46.6 Å². The molecular formula is C20H20ClF3N4O3S. The maximum absolute atomic E-state index is 12.9. The smallest absolute Gasteiger partial charge is 0.366 e. The van der Waals surface area contributed by atoms with Crippen LogP contribution < -0.4 is 5.73 Å². The van der Waals surface area contributed by atoms with Crippen LogP contribution in [0.5, 0.6) is 0 Å². The average Bonchev–Trinajstić information content (AvgIpc) is 3.08. The lowest BCUT2D eigenvalue weighted by Gasteiger charge is -2.14. The van der Waals surface area contributed by atoms with Crippen LogP contribution >= 0.6 is 23.4 Å². The van der Waals surface area contributed by atoms with E-state index in [4.69, 9.17) is 26.8 Å². The van der Waals surface area contributed by atoms with Gasteiger partial charge in [0.25, 0.3) is 0 Å². The Morgan fingerprint density at radius 2 is 2.00 bits per heavy atom. The molecule has 0 atom stereocenters. The largest absolute Gasteiger partial charge is 0.417 e. The number of carbonyl (C=O) groups excluding carboxylic acids is 1. The molecule has 2 aromatic heterocycles. The van der Waals surface area contributed by atoms with E-state index < -0.39 is 17.6 Å². The topological polar surface area (TPSA) is 92.3 Å². The number of nitrogens with two attached hydrogens (primary N) is 1. The molecule has 2 heterocycles. The summed E-state index contributed by atoms with van der Waals surface area (Å²) in [4.78, 5) is 19.9. The van der Waals surface area contributed by atoms with Crippen molar-refractivity contribution in [3.63, 3.8) is 0 Å². The van der Waals surface area contributed by atoms with Crippen LogP contribution in [0.1, 0.15) is 28.8 Å². The molecule has 0 unspecified atom stereocenters. The summed E-state index contributed by atoms with van der Waals surface area (Å²) in [6, 6.07) is 5.70. The van der Waals surface area contributed by atoms with E-state index in [0.29, 0.717) is 35.6 Å². The first kappa shape index (κ1) is 24.3. The van der Waals surface area contributed by atoms with Crippen molar-refractivity contribution in [2.24, 2.45) is 5.73 Å². The number of primary amides is 1. The maximum atomic E-state index is 12.9. The molecule has 0 saturated heterocycles. The molecule has 0 radical (unpaired) electrons. The summed E-state index contributed by atoms with van der Waals surface area (Å²) < 4.78 is 51.0. The molecule has 1 amide bonds. The van der Waals surface area contributed by atoms with Gasteiger partial charge in [-0.05, 0) is 42.4 Å². The first-order valence-electron chi connectivity index (χ1n) is 9.40. The zero-order chi connectivity index (χ0) is 23.5. The van der Waals surface area contributed by atoms with E-state index in [1.807, 2.05) is 4.57 Å². The lowest BCUT2D eigenvalue weighted by atomic mass is 10.2. The Morgan fingerprint density at radius 1 is 1.28 bits per heavy atom. The molecule has 0 aliphatic carbocycles.